The summed E-state index contributed by atoms with van der Waals surface area (Å²) in [6, 6.07) is 0. The van der Waals surface area contributed by atoms with Gasteiger partial charge in [-0.1, -0.05) is 0 Å². The Hall–Kier alpha value is 0.0200. The lowest BCUT2D eigenvalue weighted by molar-refractivity contribution is 0.562. The van der Waals surface area contributed by atoms with Crippen molar-refractivity contribution in [2.45, 2.75) is 0 Å². The predicted molar refractivity (Wildman–Crippen MR) is 24.1 cm³/mol. The molecule has 0 aromatic rings. The van der Waals surface area contributed by atoms with Crippen molar-refractivity contribution < 1.29 is 4.39 Å². The fourth-order valence-electron chi connectivity index (χ4n) is 0.0398. The molecule has 0 radical (unpaired) electrons. The number of hydrogen-bond acceptors (Lipinski definition) is 1. The molecule has 0 aromatic heterocycles. The summed E-state index contributed by atoms with van der Waals surface area (Å²) in [6.07, 6.45) is 1.32. The molecule has 0 rings (SSSR count). The van der Waals surface area contributed by atoms with E-state index in [1.165, 1.54) is 11.5 Å². The molecular weight excluding hydrogens is 87.1 g/mol. The number of rotatable bonds is 1. The van der Waals surface area contributed by atoms with Gasteiger partial charge in [0.2, 0.25) is 0 Å². The molecule has 0 aliphatic heterocycles. The summed E-state index contributed by atoms with van der Waals surface area (Å²) >= 11 is 3.58. The first-order valence-corrected chi connectivity index (χ1v) is 1.78. The zero-order chi connectivity index (χ0) is 4.12. The second kappa shape index (κ2) is 4.02. The van der Waals surface area contributed by atoms with Crippen molar-refractivity contribution in [3.05, 3.63) is 11.5 Å². The third kappa shape index (κ3) is 4.02. The maximum Gasteiger partial charge on any atom is 0.108 e. The highest BCUT2D eigenvalue weighted by Gasteiger charge is 1.56. The Labute approximate surface area is 36.1 Å². The zero-order valence-electron chi connectivity index (χ0n) is 2.69. The van der Waals surface area contributed by atoms with Crippen LogP contribution in [0.2, 0.25) is 0 Å². The standard InChI is InChI=1S/C3H5FS/c4-2-1-3-5/h1,3,5H,2H2/b3-1-. The summed E-state index contributed by atoms with van der Waals surface area (Å²) in [7, 11) is 0. The molecule has 0 atom stereocenters. The molecule has 0 heterocycles. The van der Waals surface area contributed by atoms with Gasteiger partial charge in [-0.2, -0.15) is 12.6 Å². The third-order valence-electron chi connectivity index (χ3n) is 0.194. The van der Waals surface area contributed by atoms with Crippen LogP contribution in [0.25, 0.3) is 0 Å². The molecule has 30 valence electrons. The molecule has 0 amide bonds. The zero-order valence-corrected chi connectivity index (χ0v) is 3.58. The van der Waals surface area contributed by atoms with E-state index in [9.17, 15) is 4.39 Å². The molecule has 0 aromatic carbocycles. The van der Waals surface area contributed by atoms with E-state index in [0.717, 1.165) is 0 Å². The lowest BCUT2D eigenvalue weighted by Gasteiger charge is -1.61. The number of alkyl halides is 1. The molecule has 2 heteroatoms. The van der Waals surface area contributed by atoms with E-state index in [2.05, 4.69) is 12.6 Å². The van der Waals surface area contributed by atoms with Gasteiger partial charge in [0.05, 0.1) is 0 Å². The van der Waals surface area contributed by atoms with E-state index in [1.54, 1.807) is 0 Å². The highest BCUT2D eigenvalue weighted by atomic mass is 32.1. The molecule has 0 aliphatic carbocycles. The SMILES string of the molecule is FC/C=C\S. The monoisotopic (exact) mass is 92.0 g/mol. The van der Waals surface area contributed by atoms with Crippen LogP contribution in [-0.2, 0) is 0 Å². The lowest BCUT2D eigenvalue weighted by Crippen LogP contribution is -1.51. The smallest absolute Gasteiger partial charge is 0.108 e. The van der Waals surface area contributed by atoms with E-state index in [4.69, 9.17) is 0 Å². The van der Waals surface area contributed by atoms with E-state index in [-0.39, 0.29) is 0 Å². The van der Waals surface area contributed by atoms with Gasteiger partial charge in [0.15, 0.2) is 0 Å². The summed E-state index contributed by atoms with van der Waals surface area (Å²) in [4.78, 5) is 0. The van der Waals surface area contributed by atoms with Gasteiger partial charge in [0.25, 0.3) is 0 Å². The Morgan fingerprint density at radius 1 is 1.80 bits per heavy atom. The highest BCUT2D eigenvalue weighted by molar-refractivity contribution is 7.83. The van der Waals surface area contributed by atoms with Crippen LogP contribution in [0, 0.1) is 0 Å². The van der Waals surface area contributed by atoms with E-state index in [0.29, 0.717) is 0 Å². The molecule has 0 fully saturated rings. The summed E-state index contributed by atoms with van der Waals surface area (Å²) in [5.74, 6) is 0. The van der Waals surface area contributed by atoms with Crippen molar-refractivity contribution in [2.75, 3.05) is 6.67 Å². The number of halogens is 1. The van der Waals surface area contributed by atoms with Crippen LogP contribution in [0.4, 0.5) is 4.39 Å². The second-order valence-corrected chi connectivity index (χ2v) is 0.837. The van der Waals surface area contributed by atoms with Crippen LogP contribution in [0.3, 0.4) is 0 Å². The second-order valence-electron chi connectivity index (χ2n) is 0.539. The highest BCUT2D eigenvalue weighted by Crippen LogP contribution is 1.74. The van der Waals surface area contributed by atoms with E-state index >= 15 is 0 Å². The topological polar surface area (TPSA) is 0 Å². The van der Waals surface area contributed by atoms with Crippen molar-refractivity contribution in [1.82, 2.24) is 0 Å². The number of thiol groups is 1. The first-order chi connectivity index (χ1) is 2.41. The Balaban J connectivity index is 2.62. The first kappa shape index (κ1) is 5.02. The summed E-state index contributed by atoms with van der Waals surface area (Å²) < 4.78 is 10.9. The molecule has 5 heavy (non-hydrogen) atoms. The fourth-order valence-corrected chi connectivity index (χ4v) is 0.120. The van der Waals surface area contributed by atoms with Crippen LogP contribution in [0.1, 0.15) is 0 Å². The van der Waals surface area contributed by atoms with Gasteiger partial charge in [0, 0.05) is 0 Å². The molecular formula is C3H5FS. The van der Waals surface area contributed by atoms with Crippen LogP contribution < -0.4 is 0 Å². The van der Waals surface area contributed by atoms with E-state index < -0.39 is 6.67 Å². The Kier molecular flexibility index (Phi) is 4.04. The van der Waals surface area contributed by atoms with Gasteiger partial charge in [-0.05, 0) is 11.5 Å². The Morgan fingerprint density at radius 2 is 2.40 bits per heavy atom. The molecule has 0 unspecified atom stereocenters. The van der Waals surface area contributed by atoms with Crippen molar-refractivity contribution in [1.29, 1.82) is 0 Å². The van der Waals surface area contributed by atoms with Crippen LogP contribution in [0.5, 0.6) is 0 Å². The van der Waals surface area contributed by atoms with Crippen molar-refractivity contribution in [2.24, 2.45) is 0 Å². The van der Waals surface area contributed by atoms with Gasteiger partial charge in [0.1, 0.15) is 6.67 Å². The molecule has 0 N–H and O–H groups in total. The van der Waals surface area contributed by atoms with Crippen LogP contribution in [-0.4, -0.2) is 6.67 Å². The molecule has 0 nitrogen and oxygen atoms in total. The van der Waals surface area contributed by atoms with Crippen molar-refractivity contribution in [3.8, 4) is 0 Å². The molecule has 0 aliphatic rings. The summed E-state index contributed by atoms with van der Waals surface area (Å²) in [5, 5.41) is 1.38. The largest absolute Gasteiger partial charge is 0.247 e. The average molecular weight is 92.1 g/mol. The quantitative estimate of drug-likeness (QED) is 0.464. The maximum absolute atomic E-state index is 10.9. The minimum Gasteiger partial charge on any atom is -0.247 e. The minimum absolute atomic E-state index is 0.413. The molecule has 0 bridgehead atoms. The predicted octanol–water partition coefficient (Wildman–Crippen LogP) is 1.40. The Bertz CT molecular complexity index is 33.9. The van der Waals surface area contributed by atoms with Gasteiger partial charge in [-0.3, -0.25) is 0 Å². The molecule has 0 saturated heterocycles. The third-order valence-corrected chi connectivity index (χ3v) is 0.405. The Morgan fingerprint density at radius 3 is 2.40 bits per heavy atom. The van der Waals surface area contributed by atoms with Gasteiger partial charge < -0.3 is 0 Å². The van der Waals surface area contributed by atoms with Gasteiger partial charge in [-0.15, -0.1) is 0 Å². The van der Waals surface area contributed by atoms with Crippen LogP contribution in [0.15, 0.2) is 11.5 Å². The average Bonchev–Trinajstić information content (AvgIpc) is 1.41. The minimum atomic E-state index is -0.413. The van der Waals surface area contributed by atoms with Gasteiger partial charge >= 0.3 is 0 Å². The maximum atomic E-state index is 10.9. The summed E-state index contributed by atoms with van der Waals surface area (Å²) in [5.41, 5.74) is 0. The first-order valence-electron chi connectivity index (χ1n) is 1.27. The van der Waals surface area contributed by atoms with Crippen molar-refractivity contribution in [3.63, 3.8) is 0 Å². The van der Waals surface area contributed by atoms with Crippen molar-refractivity contribution >= 4 is 12.6 Å². The molecule has 0 spiro atoms. The fraction of sp³-hybridized carbons (Fsp3) is 0.333. The van der Waals surface area contributed by atoms with E-state index in [1.807, 2.05) is 0 Å². The van der Waals surface area contributed by atoms with Gasteiger partial charge in [-0.25, -0.2) is 4.39 Å². The summed E-state index contributed by atoms with van der Waals surface area (Å²) in [6.45, 7) is -0.413. The number of hydrogen-bond donors (Lipinski definition) is 1. The molecule has 0 saturated carbocycles. The van der Waals surface area contributed by atoms with Crippen LogP contribution >= 0.6 is 12.6 Å². The lowest BCUT2D eigenvalue weighted by atomic mass is 10.7. The number of allylic oxidation sites excluding steroid dienone is 1. The normalized spacial score (nSPS) is 10.0.